The summed E-state index contributed by atoms with van der Waals surface area (Å²) >= 11 is 6.57. The Balaban J connectivity index is 0.000000541. The van der Waals surface area contributed by atoms with E-state index in [4.69, 9.17) is 0 Å². The smallest absolute Gasteiger partial charge is 0.748 e. The second-order valence-corrected chi connectivity index (χ2v) is 16.5. The van der Waals surface area contributed by atoms with Crippen molar-refractivity contribution in [2.75, 3.05) is 47.5 Å². The number of aromatic hydroxyl groups is 2. The maximum atomic E-state index is 10.8. The van der Waals surface area contributed by atoms with Crippen LogP contribution in [0.25, 0.3) is 0 Å². The molecule has 16 nitrogen and oxygen atoms in total. The normalized spacial score (nSPS) is 11.4. The summed E-state index contributed by atoms with van der Waals surface area (Å²) in [5.41, 5.74) is 2.03. The molecule has 0 fully saturated rings. The molecule has 0 amide bonds. The van der Waals surface area contributed by atoms with Gasteiger partial charge in [-0.1, -0.05) is 13.8 Å². The van der Waals surface area contributed by atoms with Crippen molar-refractivity contribution in [1.29, 1.82) is 0 Å². The van der Waals surface area contributed by atoms with Crippen molar-refractivity contribution in [3.05, 3.63) is 82.0 Å². The van der Waals surface area contributed by atoms with Crippen molar-refractivity contribution in [1.82, 2.24) is 9.97 Å². The first-order valence-corrected chi connectivity index (χ1v) is 21.4. The van der Waals surface area contributed by atoms with Gasteiger partial charge in [-0.2, -0.15) is 0 Å². The van der Waals surface area contributed by atoms with E-state index in [9.17, 15) is 36.2 Å². The largest absolute Gasteiger partial charge is 1.00 e. The van der Waals surface area contributed by atoms with Gasteiger partial charge in [-0.3, -0.25) is 0 Å². The van der Waals surface area contributed by atoms with Gasteiger partial charge in [0.2, 0.25) is 0 Å². The summed E-state index contributed by atoms with van der Waals surface area (Å²) < 4.78 is 66.3. The molecule has 4 aromatic rings. The Kier molecular flexibility index (Phi) is 24.2. The van der Waals surface area contributed by atoms with Crippen LogP contribution in [0, 0.1) is 0 Å². The van der Waals surface area contributed by atoms with Crippen LogP contribution >= 0.6 is 31.9 Å². The molecule has 0 spiro atoms. The summed E-state index contributed by atoms with van der Waals surface area (Å²) in [7, 11) is -8.46. The fraction of sp³-hybridized carbons (Fsp3) is 0.353. The molecule has 0 aliphatic carbocycles. The molecule has 2 aromatic heterocycles. The molecule has 0 unspecified atom stereocenters. The van der Waals surface area contributed by atoms with Crippen LogP contribution in [0.1, 0.15) is 39.5 Å². The van der Waals surface area contributed by atoms with E-state index in [2.05, 4.69) is 62.3 Å². The van der Waals surface area contributed by atoms with Gasteiger partial charge < -0.3 is 29.1 Å². The number of phenolic OH excluding ortho intramolecular Hbond substituents is 2. The maximum Gasteiger partial charge on any atom is 1.00 e. The number of phenols is 2. The van der Waals surface area contributed by atoms with Gasteiger partial charge in [0.1, 0.15) is 22.9 Å². The number of azo groups is 2. The number of halogens is 2. The van der Waals surface area contributed by atoms with Crippen molar-refractivity contribution in [3.8, 4) is 11.5 Å². The van der Waals surface area contributed by atoms with Gasteiger partial charge in [0, 0.05) is 82.5 Å². The van der Waals surface area contributed by atoms with Crippen LogP contribution in [0.5, 0.6) is 11.5 Å². The Morgan fingerprint density at radius 3 is 1.27 bits per heavy atom. The SMILES string of the molecule is CCCN(CCCS(=O)(=O)[O-])c1ccc(N=Nc2ccc(Br)cn2)c(O)c1.CCCN(CCCS(=O)(=O)[O-])c1ccc(N=Nc2ccc(Br)cn2)c(O)c1.[Na+].[Na+]. The number of aromatic nitrogens is 2. The summed E-state index contributed by atoms with van der Waals surface area (Å²) in [5.74, 6) is -0.102. The Morgan fingerprint density at radius 2 is 0.982 bits per heavy atom. The van der Waals surface area contributed by atoms with E-state index >= 15 is 0 Å². The van der Waals surface area contributed by atoms with E-state index in [1.807, 2.05) is 23.6 Å². The van der Waals surface area contributed by atoms with Crippen molar-refractivity contribution < 1.29 is 95.3 Å². The number of pyridine rings is 2. The molecule has 0 saturated carbocycles. The predicted octanol–water partition coefficient (Wildman–Crippen LogP) is 2.24. The monoisotopic (exact) mass is 956 g/mol. The first kappa shape index (κ1) is 51.9. The number of hydrogen-bond acceptors (Lipinski definition) is 16. The Bertz CT molecular complexity index is 1940. The van der Waals surface area contributed by atoms with Gasteiger partial charge in [0.25, 0.3) is 0 Å². The van der Waals surface area contributed by atoms with E-state index in [0.29, 0.717) is 49.2 Å². The molecule has 56 heavy (non-hydrogen) atoms. The van der Waals surface area contributed by atoms with E-state index in [1.165, 1.54) is 0 Å². The minimum absolute atomic E-state index is 0. The van der Waals surface area contributed by atoms with Crippen LogP contribution in [0.15, 0.2) is 102 Å². The Hall–Kier alpha value is -2.08. The van der Waals surface area contributed by atoms with E-state index in [1.54, 1.807) is 73.1 Å². The van der Waals surface area contributed by atoms with Crippen molar-refractivity contribution in [2.45, 2.75) is 39.5 Å². The Labute approximate surface area is 388 Å². The number of rotatable bonds is 18. The molecular formula is C34H40Br2N8Na2O8S2. The van der Waals surface area contributed by atoms with Crippen molar-refractivity contribution in [2.24, 2.45) is 20.5 Å². The maximum absolute atomic E-state index is 10.8. The predicted molar refractivity (Wildman–Crippen MR) is 212 cm³/mol. The molecule has 4 rings (SSSR count). The van der Waals surface area contributed by atoms with Gasteiger partial charge in [-0.15, -0.1) is 20.5 Å². The fourth-order valence-electron chi connectivity index (χ4n) is 4.79. The summed E-state index contributed by atoms with van der Waals surface area (Å²) in [4.78, 5) is 12.0. The molecule has 2 heterocycles. The molecular weight excluding hydrogens is 918 g/mol. The van der Waals surface area contributed by atoms with E-state index in [0.717, 1.165) is 33.2 Å². The third-order valence-electron chi connectivity index (χ3n) is 7.22. The van der Waals surface area contributed by atoms with Gasteiger partial charge in [-0.05, 0) is 106 Å². The Morgan fingerprint density at radius 1 is 0.607 bits per heavy atom. The second-order valence-electron chi connectivity index (χ2n) is 11.6. The molecule has 0 aliphatic rings. The third-order valence-corrected chi connectivity index (χ3v) is 9.74. The molecule has 0 aliphatic heterocycles. The first-order chi connectivity index (χ1) is 25.6. The number of hydrogen-bond donors (Lipinski definition) is 2. The minimum Gasteiger partial charge on any atom is -0.748 e. The average molecular weight is 959 g/mol. The summed E-state index contributed by atoms with van der Waals surface area (Å²) in [6.07, 6.45) is 5.32. The van der Waals surface area contributed by atoms with Crippen LogP contribution in [-0.4, -0.2) is 83.8 Å². The standard InChI is InChI=1S/2C17H21BrN4O4S.2Na/c2*1-2-8-22(9-3-10-27(24,25)26)14-5-6-15(16(23)11-14)20-21-17-7-4-13(18)12-19-17;;/h2*4-7,11-12,23H,2-3,8-10H2,1H3,(H,24,25,26);;/q;;2*+1/p-2. The van der Waals surface area contributed by atoms with Crippen LogP contribution in [0.3, 0.4) is 0 Å². The van der Waals surface area contributed by atoms with E-state index in [-0.39, 0.29) is 83.5 Å². The van der Waals surface area contributed by atoms with Crippen molar-refractivity contribution >= 4 is 86.5 Å². The third kappa shape index (κ3) is 20.1. The summed E-state index contributed by atoms with van der Waals surface area (Å²) in [6.45, 7) is 6.12. The second kappa shape index (κ2) is 26.1. The molecule has 0 radical (unpaired) electrons. The first-order valence-electron chi connectivity index (χ1n) is 16.7. The van der Waals surface area contributed by atoms with Crippen LogP contribution in [0.2, 0.25) is 0 Å². The number of nitrogens with zero attached hydrogens (tertiary/aromatic N) is 8. The van der Waals surface area contributed by atoms with Crippen LogP contribution in [0.4, 0.5) is 34.4 Å². The molecule has 0 atom stereocenters. The zero-order valence-electron chi connectivity index (χ0n) is 31.5. The van der Waals surface area contributed by atoms with Gasteiger partial charge in [0.05, 0.1) is 20.2 Å². The molecule has 292 valence electrons. The van der Waals surface area contributed by atoms with Crippen molar-refractivity contribution in [3.63, 3.8) is 0 Å². The summed E-state index contributed by atoms with van der Waals surface area (Å²) in [5, 5.41) is 36.4. The fourth-order valence-corrected chi connectivity index (χ4v) is 6.23. The molecule has 0 bridgehead atoms. The number of anilines is 2. The molecule has 22 heteroatoms. The zero-order chi connectivity index (χ0) is 39.7. The molecule has 2 aromatic carbocycles. The molecule has 0 saturated heterocycles. The minimum atomic E-state index is -4.23. The quantitative estimate of drug-likeness (QED) is 0.0830. The average Bonchev–Trinajstić information content (AvgIpc) is 3.10. The molecule has 2 N–H and O–H groups in total. The van der Waals surface area contributed by atoms with Gasteiger partial charge >= 0.3 is 59.1 Å². The van der Waals surface area contributed by atoms with E-state index < -0.39 is 31.7 Å². The summed E-state index contributed by atoms with van der Waals surface area (Å²) in [6, 6.07) is 16.8. The number of benzene rings is 2. The van der Waals surface area contributed by atoms with Gasteiger partial charge in [-0.25, -0.2) is 26.8 Å². The topological polar surface area (TPSA) is 237 Å². The van der Waals surface area contributed by atoms with Gasteiger partial charge in [0.15, 0.2) is 11.6 Å². The van der Waals surface area contributed by atoms with Crippen LogP contribution < -0.4 is 68.9 Å². The van der Waals surface area contributed by atoms with Crippen LogP contribution in [-0.2, 0) is 20.2 Å². The zero-order valence-corrected chi connectivity index (χ0v) is 40.3.